The standard InChI is InChI=1S/C19H21N3O2S2/c1-10-11(2)25-18-16(10)19(21-13(4)20-18)26-12(3)17(23)22-14-7-6-8-15(9-14)24-5/h6-9,12H,1-5H3,(H,22,23)/t12-/m0/s1. The van der Waals surface area contributed by atoms with Crippen molar-refractivity contribution in [2.24, 2.45) is 0 Å². The van der Waals surface area contributed by atoms with Gasteiger partial charge < -0.3 is 10.1 Å². The predicted molar refractivity (Wildman–Crippen MR) is 109 cm³/mol. The molecule has 0 radical (unpaired) electrons. The Morgan fingerprint density at radius 2 is 2.04 bits per heavy atom. The summed E-state index contributed by atoms with van der Waals surface area (Å²) in [6.07, 6.45) is 0. The number of hydrogen-bond acceptors (Lipinski definition) is 6. The van der Waals surface area contributed by atoms with Crippen LogP contribution in [0.15, 0.2) is 29.3 Å². The number of ether oxygens (including phenoxy) is 1. The molecule has 0 unspecified atom stereocenters. The summed E-state index contributed by atoms with van der Waals surface area (Å²) < 4.78 is 5.20. The van der Waals surface area contributed by atoms with Crippen LogP contribution < -0.4 is 10.1 Å². The zero-order chi connectivity index (χ0) is 18.8. The number of amides is 1. The third-order valence-electron chi connectivity index (χ3n) is 4.10. The van der Waals surface area contributed by atoms with E-state index in [9.17, 15) is 4.79 Å². The number of aromatic nitrogens is 2. The Balaban J connectivity index is 1.82. The predicted octanol–water partition coefficient (Wildman–Crippen LogP) is 4.74. The fourth-order valence-corrected chi connectivity index (χ4v) is 4.76. The van der Waals surface area contributed by atoms with Crippen LogP contribution >= 0.6 is 23.1 Å². The number of carbonyl (C=O) groups excluding carboxylic acids is 1. The summed E-state index contributed by atoms with van der Waals surface area (Å²) in [4.78, 5) is 24.0. The largest absolute Gasteiger partial charge is 0.497 e. The van der Waals surface area contributed by atoms with Crippen LogP contribution in [0.3, 0.4) is 0 Å². The molecular formula is C19H21N3O2S2. The van der Waals surface area contributed by atoms with E-state index in [-0.39, 0.29) is 11.2 Å². The molecule has 5 nitrogen and oxygen atoms in total. The quantitative estimate of drug-likeness (QED) is 0.506. The summed E-state index contributed by atoms with van der Waals surface area (Å²) in [6, 6.07) is 7.34. The number of fused-ring (bicyclic) bond motifs is 1. The molecule has 2 aromatic heterocycles. The highest BCUT2D eigenvalue weighted by atomic mass is 32.2. The van der Waals surface area contributed by atoms with Gasteiger partial charge in [0.1, 0.15) is 21.4 Å². The van der Waals surface area contributed by atoms with Gasteiger partial charge in [-0.3, -0.25) is 4.79 Å². The minimum Gasteiger partial charge on any atom is -0.497 e. The maximum atomic E-state index is 12.6. The van der Waals surface area contributed by atoms with Gasteiger partial charge in [-0.2, -0.15) is 0 Å². The van der Waals surface area contributed by atoms with Gasteiger partial charge in [0.25, 0.3) is 0 Å². The number of aryl methyl sites for hydroxylation is 3. The first-order chi connectivity index (χ1) is 12.4. The van der Waals surface area contributed by atoms with Gasteiger partial charge in [-0.05, 0) is 45.4 Å². The minimum absolute atomic E-state index is 0.0720. The normalized spacial score (nSPS) is 12.2. The Labute approximate surface area is 161 Å². The lowest BCUT2D eigenvalue weighted by atomic mass is 10.2. The topological polar surface area (TPSA) is 64.1 Å². The molecule has 0 aliphatic rings. The van der Waals surface area contributed by atoms with Crippen molar-refractivity contribution >= 4 is 44.9 Å². The van der Waals surface area contributed by atoms with Crippen LogP contribution in [0.2, 0.25) is 0 Å². The van der Waals surface area contributed by atoms with Crippen LogP contribution in [-0.4, -0.2) is 28.2 Å². The fourth-order valence-electron chi connectivity index (χ4n) is 2.57. The number of benzene rings is 1. The Morgan fingerprint density at radius 1 is 1.27 bits per heavy atom. The van der Waals surface area contributed by atoms with Crippen LogP contribution in [0, 0.1) is 20.8 Å². The molecule has 0 bridgehead atoms. The van der Waals surface area contributed by atoms with E-state index in [1.165, 1.54) is 22.2 Å². The second-order valence-electron chi connectivity index (χ2n) is 6.02. The van der Waals surface area contributed by atoms with Crippen molar-refractivity contribution in [3.8, 4) is 5.75 Å². The van der Waals surface area contributed by atoms with Gasteiger partial charge in [0, 0.05) is 22.0 Å². The van der Waals surface area contributed by atoms with Gasteiger partial charge in [0.05, 0.1) is 12.4 Å². The lowest BCUT2D eigenvalue weighted by Crippen LogP contribution is -2.22. The molecule has 0 aliphatic heterocycles. The highest BCUT2D eigenvalue weighted by molar-refractivity contribution is 8.00. The van der Waals surface area contributed by atoms with Crippen LogP contribution in [0.1, 0.15) is 23.2 Å². The van der Waals surface area contributed by atoms with Gasteiger partial charge in [-0.25, -0.2) is 9.97 Å². The molecule has 1 N–H and O–H groups in total. The van der Waals surface area contributed by atoms with Gasteiger partial charge in [0.15, 0.2) is 0 Å². The molecule has 2 heterocycles. The first-order valence-corrected chi connectivity index (χ1v) is 9.94. The molecule has 0 fully saturated rings. The minimum atomic E-state index is -0.293. The second-order valence-corrected chi connectivity index (χ2v) is 8.55. The summed E-state index contributed by atoms with van der Waals surface area (Å²) in [5, 5.41) is 4.57. The molecule has 1 amide bonds. The highest BCUT2D eigenvalue weighted by Gasteiger charge is 2.20. The third-order valence-corrected chi connectivity index (χ3v) is 6.29. The lowest BCUT2D eigenvalue weighted by Gasteiger charge is -2.13. The number of thiophene rings is 1. The van der Waals surface area contributed by atoms with Crippen molar-refractivity contribution in [2.45, 2.75) is 38.0 Å². The van der Waals surface area contributed by atoms with Crippen molar-refractivity contribution in [2.75, 3.05) is 12.4 Å². The van der Waals surface area contributed by atoms with Crippen molar-refractivity contribution in [1.29, 1.82) is 0 Å². The molecule has 0 saturated heterocycles. The molecule has 0 spiro atoms. The van der Waals surface area contributed by atoms with Gasteiger partial charge in [-0.1, -0.05) is 17.8 Å². The summed E-state index contributed by atoms with van der Waals surface area (Å²) in [5.41, 5.74) is 1.90. The maximum absolute atomic E-state index is 12.6. The van der Waals surface area contributed by atoms with E-state index < -0.39 is 0 Å². The summed E-state index contributed by atoms with van der Waals surface area (Å²) in [6.45, 7) is 7.94. The van der Waals surface area contributed by atoms with Crippen LogP contribution in [0.5, 0.6) is 5.75 Å². The first-order valence-electron chi connectivity index (χ1n) is 8.25. The highest BCUT2D eigenvalue weighted by Crippen LogP contribution is 2.36. The monoisotopic (exact) mass is 387 g/mol. The van der Waals surface area contributed by atoms with Crippen molar-refractivity contribution < 1.29 is 9.53 Å². The average Bonchev–Trinajstić information content (AvgIpc) is 2.88. The van der Waals surface area contributed by atoms with E-state index in [0.717, 1.165) is 21.1 Å². The molecule has 0 saturated carbocycles. The van der Waals surface area contributed by atoms with Gasteiger partial charge >= 0.3 is 0 Å². The number of nitrogens with zero attached hydrogens (tertiary/aromatic N) is 2. The van der Waals surface area contributed by atoms with E-state index in [4.69, 9.17) is 4.74 Å². The smallest absolute Gasteiger partial charge is 0.237 e. The van der Waals surface area contributed by atoms with Crippen molar-refractivity contribution in [1.82, 2.24) is 9.97 Å². The summed E-state index contributed by atoms with van der Waals surface area (Å²) in [5.74, 6) is 1.36. The molecule has 136 valence electrons. The number of methoxy groups -OCH3 is 1. The van der Waals surface area contributed by atoms with E-state index in [1.807, 2.05) is 32.0 Å². The molecule has 1 aromatic carbocycles. The van der Waals surface area contributed by atoms with Crippen LogP contribution in [0.25, 0.3) is 10.2 Å². The Hall–Kier alpha value is -2.12. The Morgan fingerprint density at radius 3 is 2.77 bits per heavy atom. The van der Waals surface area contributed by atoms with Crippen LogP contribution in [-0.2, 0) is 4.79 Å². The Bertz CT molecular complexity index is 969. The molecular weight excluding hydrogens is 366 g/mol. The van der Waals surface area contributed by atoms with Crippen molar-refractivity contribution in [3.05, 3.63) is 40.5 Å². The lowest BCUT2D eigenvalue weighted by molar-refractivity contribution is -0.115. The zero-order valence-electron chi connectivity index (χ0n) is 15.4. The number of anilines is 1. The number of hydrogen-bond donors (Lipinski definition) is 1. The van der Waals surface area contributed by atoms with E-state index in [0.29, 0.717) is 11.4 Å². The fraction of sp³-hybridized carbons (Fsp3) is 0.316. The van der Waals surface area contributed by atoms with E-state index in [2.05, 4.69) is 29.1 Å². The molecule has 3 rings (SSSR count). The average molecular weight is 388 g/mol. The summed E-state index contributed by atoms with van der Waals surface area (Å²) >= 11 is 3.13. The molecule has 7 heteroatoms. The SMILES string of the molecule is COc1cccc(NC(=O)[C@H](C)Sc2nc(C)nc3sc(C)c(C)c23)c1. The Kier molecular flexibility index (Phi) is 5.48. The number of rotatable bonds is 5. The van der Waals surface area contributed by atoms with E-state index in [1.54, 1.807) is 24.5 Å². The summed E-state index contributed by atoms with van der Waals surface area (Å²) in [7, 11) is 1.60. The number of nitrogens with one attached hydrogen (secondary N) is 1. The number of carbonyl (C=O) groups is 1. The number of thioether (sulfide) groups is 1. The third kappa shape index (κ3) is 3.83. The molecule has 3 aromatic rings. The van der Waals surface area contributed by atoms with E-state index >= 15 is 0 Å². The zero-order valence-corrected chi connectivity index (χ0v) is 17.0. The second kappa shape index (κ2) is 7.63. The molecule has 0 aliphatic carbocycles. The van der Waals surface area contributed by atoms with Crippen LogP contribution in [0.4, 0.5) is 5.69 Å². The van der Waals surface area contributed by atoms with Gasteiger partial charge in [0.2, 0.25) is 5.91 Å². The first kappa shape index (κ1) is 18.7. The molecule has 26 heavy (non-hydrogen) atoms. The molecule has 1 atom stereocenters. The van der Waals surface area contributed by atoms with Crippen molar-refractivity contribution in [3.63, 3.8) is 0 Å². The van der Waals surface area contributed by atoms with Gasteiger partial charge in [-0.15, -0.1) is 11.3 Å². The maximum Gasteiger partial charge on any atom is 0.237 e.